The summed E-state index contributed by atoms with van der Waals surface area (Å²) in [4.78, 5) is 71.0. The fourth-order valence-electron chi connectivity index (χ4n) is 8.40. The molecule has 0 aromatic heterocycles. The molecule has 268 valence electrons. The quantitative estimate of drug-likeness (QED) is 0.0254. The molecule has 5 aromatic rings. The summed E-state index contributed by atoms with van der Waals surface area (Å²) in [7, 11) is 0. The van der Waals surface area contributed by atoms with Crippen molar-refractivity contribution < 1.29 is 28.7 Å². The Labute approximate surface area is 304 Å². The Balaban J connectivity index is 1.28. The van der Waals surface area contributed by atoms with E-state index in [1.54, 1.807) is 24.0 Å². The van der Waals surface area contributed by atoms with Crippen molar-refractivity contribution in [2.24, 2.45) is 0 Å². The van der Waals surface area contributed by atoms with Crippen LogP contribution in [0.2, 0.25) is 0 Å². The lowest BCUT2D eigenvalue weighted by molar-refractivity contribution is -0.139. The average molecular weight is 699 g/mol. The van der Waals surface area contributed by atoms with Crippen LogP contribution in [0.25, 0.3) is 43.1 Å². The molecular formula is C44H46N2O6. The van der Waals surface area contributed by atoms with Gasteiger partial charge in [-0.2, -0.15) is 0 Å². The molecule has 5 aromatic carbocycles. The number of benzene rings is 5. The number of carbonyl (C=O) groups excluding carboxylic acids is 5. The maximum atomic E-state index is 14.4. The molecule has 0 saturated carbocycles. The van der Waals surface area contributed by atoms with Crippen LogP contribution in [-0.4, -0.2) is 58.6 Å². The van der Waals surface area contributed by atoms with Crippen LogP contribution in [0.15, 0.2) is 60.7 Å². The van der Waals surface area contributed by atoms with Gasteiger partial charge in [-0.3, -0.25) is 29.0 Å². The molecule has 52 heavy (non-hydrogen) atoms. The number of fused-ring (bicyclic) bond motifs is 2. The smallest absolute Gasteiger partial charge is 0.333 e. The Morgan fingerprint density at radius 3 is 1.42 bits per heavy atom. The van der Waals surface area contributed by atoms with Gasteiger partial charge in [0.05, 0.1) is 6.61 Å². The van der Waals surface area contributed by atoms with E-state index in [9.17, 15) is 24.0 Å². The molecule has 0 atom stereocenters. The number of hydrogen-bond acceptors (Lipinski definition) is 6. The number of esters is 1. The number of amides is 4. The van der Waals surface area contributed by atoms with Crippen molar-refractivity contribution in [1.29, 1.82) is 0 Å². The fourth-order valence-corrected chi connectivity index (χ4v) is 8.40. The van der Waals surface area contributed by atoms with E-state index in [2.05, 4.69) is 20.4 Å². The van der Waals surface area contributed by atoms with E-state index in [4.69, 9.17) is 4.74 Å². The predicted molar refractivity (Wildman–Crippen MR) is 205 cm³/mol. The molecule has 8 nitrogen and oxygen atoms in total. The first-order valence-corrected chi connectivity index (χ1v) is 19.0. The predicted octanol–water partition coefficient (Wildman–Crippen LogP) is 9.75. The van der Waals surface area contributed by atoms with Crippen molar-refractivity contribution in [3.63, 3.8) is 0 Å². The second-order valence-corrected chi connectivity index (χ2v) is 14.5. The van der Waals surface area contributed by atoms with E-state index in [1.165, 1.54) is 4.90 Å². The van der Waals surface area contributed by atoms with Crippen LogP contribution in [0, 0.1) is 0 Å². The second kappa shape index (κ2) is 14.5. The van der Waals surface area contributed by atoms with Crippen LogP contribution in [0.5, 0.6) is 0 Å². The molecule has 0 radical (unpaired) electrons. The van der Waals surface area contributed by atoms with Crippen molar-refractivity contribution in [1.82, 2.24) is 9.80 Å². The van der Waals surface area contributed by atoms with Gasteiger partial charge in [0.15, 0.2) is 0 Å². The zero-order chi connectivity index (χ0) is 36.7. The van der Waals surface area contributed by atoms with Gasteiger partial charge in [0.25, 0.3) is 23.6 Å². The number of nitrogens with zero attached hydrogens (tertiary/aromatic N) is 2. The highest BCUT2D eigenvalue weighted by atomic mass is 16.5. The van der Waals surface area contributed by atoms with Crippen molar-refractivity contribution in [2.45, 2.75) is 97.4 Å². The highest BCUT2D eigenvalue weighted by Crippen LogP contribution is 2.46. The summed E-state index contributed by atoms with van der Waals surface area (Å²) in [6.07, 6.45) is 10.6. The third-order valence-electron chi connectivity index (χ3n) is 11.0. The SMILES string of the molecule is C=C(C)C(=O)OCCCN1C(=O)c2ccc3c4ccc5c6c(ccc(c7ccc(c2c37)C1=O)c64)C(=O)N(C(CCCCCC)CCCCCC)C5=O. The van der Waals surface area contributed by atoms with Gasteiger partial charge in [-0.15, -0.1) is 0 Å². The Hall–Kier alpha value is -5.11. The lowest BCUT2D eigenvalue weighted by Crippen LogP contribution is -2.47. The second-order valence-electron chi connectivity index (χ2n) is 14.5. The van der Waals surface area contributed by atoms with Gasteiger partial charge in [-0.05, 0) is 82.8 Å². The minimum absolute atomic E-state index is 0.0645. The first-order valence-electron chi connectivity index (χ1n) is 19.0. The molecule has 0 bridgehead atoms. The van der Waals surface area contributed by atoms with Gasteiger partial charge in [-0.1, -0.05) is 96.1 Å². The first-order chi connectivity index (χ1) is 25.2. The van der Waals surface area contributed by atoms with Gasteiger partial charge in [0, 0.05) is 51.2 Å². The maximum Gasteiger partial charge on any atom is 0.333 e. The van der Waals surface area contributed by atoms with Crippen LogP contribution in [-0.2, 0) is 9.53 Å². The van der Waals surface area contributed by atoms with Crippen molar-refractivity contribution in [2.75, 3.05) is 13.2 Å². The molecule has 2 aliphatic rings. The molecule has 0 spiro atoms. The normalized spacial score (nSPS) is 14.3. The maximum absolute atomic E-state index is 14.4. The standard InChI is InChI=1S/C44H46N2O6/c1-5-7-9-11-14-27(15-12-10-8-6-2)46-42(49)34-22-18-30-28-16-20-32-38-33(41(48)45(40(32)47)24-13-25-52-44(51)26(3)4)21-17-29(36(28)38)31-19-23-35(43(46)50)39(34)37(30)31/h16-23,27H,3,5-15,24-25H2,1-2,4H3. The Morgan fingerprint density at radius 1 is 0.596 bits per heavy atom. The van der Waals surface area contributed by atoms with Crippen molar-refractivity contribution in [3.8, 4) is 0 Å². The van der Waals surface area contributed by atoms with Gasteiger partial charge in [-0.25, -0.2) is 4.79 Å². The summed E-state index contributed by atoms with van der Waals surface area (Å²) in [6, 6.07) is 14.9. The molecule has 7 rings (SSSR count). The van der Waals surface area contributed by atoms with Crippen LogP contribution in [0.1, 0.15) is 133 Å². The minimum Gasteiger partial charge on any atom is -0.462 e. The molecule has 4 amide bonds. The Morgan fingerprint density at radius 2 is 1.02 bits per heavy atom. The Kier molecular flexibility index (Phi) is 9.84. The molecule has 8 heteroatoms. The highest BCUT2D eigenvalue weighted by Gasteiger charge is 2.39. The molecule has 0 aliphatic carbocycles. The van der Waals surface area contributed by atoms with Crippen molar-refractivity contribution in [3.05, 3.63) is 82.9 Å². The molecule has 2 aliphatic heterocycles. The lowest BCUT2D eigenvalue weighted by atomic mass is 9.82. The largest absolute Gasteiger partial charge is 0.462 e. The summed E-state index contributed by atoms with van der Waals surface area (Å²) >= 11 is 0. The van der Waals surface area contributed by atoms with E-state index >= 15 is 0 Å². The van der Waals surface area contributed by atoms with Crippen LogP contribution < -0.4 is 0 Å². The highest BCUT2D eigenvalue weighted by molar-refractivity contribution is 6.41. The van der Waals surface area contributed by atoms with E-state index < -0.39 is 17.8 Å². The number of imide groups is 2. The lowest BCUT2D eigenvalue weighted by Gasteiger charge is -2.35. The molecule has 0 unspecified atom stereocenters. The summed E-state index contributed by atoms with van der Waals surface area (Å²) in [6.45, 7) is 9.69. The number of hydrogen-bond donors (Lipinski definition) is 0. The summed E-state index contributed by atoms with van der Waals surface area (Å²) in [5.74, 6) is -1.73. The zero-order valence-electron chi connectivity index (χ0n) is 30.4. The van der Waals surface area contributed by atoms with Gasteiger partial charge < -0.3 is 4.74 Å². The Bertz CT molecular complexity index is 2150. The monoisotopic (exact) mass is 698 g/mol. The molecule has 0 saturated heterocycles. The fraction of sp³-hybridized carbons (Fsp3) is 0.386. The summed E-state index contributed by atoms with van der Waals surface area (Å²) < 4.78 is 5.18. The number of carbonyl (C=O) groups is 5. The number of unbranched alkanes of at least 4 members (excludes halogenated alkanes) is 6. The third kappa shape index (κ3) is 5.82. The van der Waals surface area contributed by atoms with Gasteiger partial charge in [0.2, 0.25) is 0 Å². The summed E-state index contributed by atoms with van der Waals surface area (Å²) in [5.41, 5.74) is 2.26. The minimum atomic E-state index is -0.507. The average Bonchev–Trinajstić information content (AvgIpc) is 3.14. The third-order valence-corrected chi connectivity index (χ3v) is 11.0. The topological polar surface area (TPSA) is 101 Å². The number of rotatable bonds is 16. The molecule has 2 heterocycles. The van der Waals surface area contributed by atoms with E-state index in [-0.39, 0.29) is 36.6 Å². The first kappa shape index (κ1) is 35.3. The van der Waals surface area contributed by atoms with Crippen LogP contribution >= 0.6 is 0 Å². The van der Waals surface area contributed by atoms with Gasteiger partial charge in [0.1, 0.15) is 0 Å². The van der Waals surface area contributed by atoms with E-state index in [0.29, 0.717) is 39.4 Å². The van der Waals surface area contributed by atoms with Crippen LogP contribution in [0.3, 0.4) is 0 Å². The molecular weight excluding hydrogens is 652 g/mol. The zero-order valence-corrected chi connectivity index (χ0v) is 30.4. The van der Waals surface area contributed by atoms with Gasteiger partial charge >= 0.3 is 5.97 Å². The summed E-state index contributed by atoms with van der Waals surface area (Å²) in [5, 5.41) is 6.43. The van der Waals surface area contributed by atoms with E-state index in [0.717, 1.165) is 96.5 Å². The van der Waals surface area contributed by atoms with Crippen LogP contribution in [0.4, 0.5) is 0 Å². The van der Waals surface area contributed by atoms with Crippen molar-refractivity contribution >= 4 is 72.7 Å². The molecule has 0 fully saturated rings. The molecule has 0 N–H and O–H groups in total. The number of ether oxygens (including phenoxy) is 1. The van der Waals surface area contributed by atoms with E-state index in [1.807, 2.05) is 36.4 Å².